The fourth-order valence-electron chi connectivity index (χ4n) is 0.836. The number of carbonyl (C=O) groups excluding carboxylic acids is 1. The minimum Gasteiger partial charge on any atom is -0.343 e. The van der Waals surface area contributed by atoms with Crippen LogP contribution in [0.1, 0.15) is 5.56 Å². The quantitative estimate of drug-likeness (QED) is 0.708. The number of hydrogen-bond acceptors (Lipinski definition) is 1. The van der Waals surface area contributed by atoms with Crippen LogP contribution in [0.5, 0.6) is 0 Å². The normalized spacial score (nSPS) is 9.77. The van der Waals surface area contributed by atoms with Crippen LogP contribution in [-0.4, -0.2) is 5.24 Å². The number of halogens is 2. The first-order chi connectivity index (χ1) is 6.09. The van der Waals surface area contributed by atoms with Gasteiger partial charge in [0.2, 0.25) is 0 Å². The van der Waals surface area contributed by atoms with Crippen molar-refractivity contribution >= 4 is 17.9 Å². The molecule has 0 saturated heterocycles. The summed E-state index contributed by atoms with van der Waals surface area (Å²) in [5.41, 5.74) is 0.226. The van der Waals surface area contributed by atoms with Crippen molar-refractivity contribution in [3.63, 3.8) is 0 Å². The Morgan fingerprint density at radius 1 is 1.46 bits per heavy atom. The highest BCUT2D eigenvalue weighted by Crippen LogP contribution is 2.08. The second-order valence-electron chi connectivity index (χ2n) is 2.39. The van der Waals surface area contributed by atoms with Crippen LogP contribution >= 0.6 is 12.6 Å². The summed E-state index contributed by atoms with van der Waals surface area (Å²) < 4.78 is 25.3. The lowest BCUT2D eigenvalue weighted by molar-refractivity contribution is 0.260. The molecule has 0 aromatic heterocycles. The summed E-state index contributed by atoms with van der Waals surface area (Å²) in [5.74, 6) is -1.32. The van der Waals surface area contributed by atoms with E-state index in [1.54, 1.807) is 0 Å². The van der Waals surface area contributed by atoms with Crippen molar-refractivity contribution < 1.29 is 13.6 Å². The summed E-state index contributed by atoms with van der Waals surface area (Å²) in [7, 11) is 0. The van der Waals surface area contributed by atoms with Gasteiger partial charge in [-0.3, -0.25) is 4.79 Å². The number of nitrogens with one attached hydrogen (secondary N) is 1. The molecule has 70 valence electrons. The first kappa shape index (κ1) is 9.98. The summed E-state index contributed by atoms with van der Waals surface area (Å²) in [4.78, 5) is 10.4. The molecule has 0 saturated carbocycles. The summed E-state index contributed by atoms with van der Waals surface area (Å²) in [6.07, 6.45) is 0. The first-order valence-corrected chi connectivity index (χ1v) is 3.95. The standard InChI is InChI=1S/C8H7F2NOS/c9-6-2-1-5(7(10)3-6)4-11-8(12)13/h1-3H,4H2,(H2,11,12,13). The predicted molar refractivity (Wildman–Crippen MR) is 47.6 cm³/mol. The van der Waals surface area contributed by atoms with E-state index in [2.05, 4.69) is 17.9 Å². The molecule has 5 heteroatoms. The van der Waals surface area contributed by atoms with E-state index in [1.807, 2.05) is 0 Å². The van der Waals surface area contributed by atoms with E-state index in [0.29, 0.717) is 0 Å². The third-order valence-corrected chi connectivity index (χ3v) is 1.60. The smallest absolute Gasteiger partial charge is 0.276 e. The van der Waals surface area contributed by atoms with Gasteiger partial charge in [0.1, 0.15) is 11.6 Å². The van der Waals surface area contributed by atoms with E-state index in [4.69, 9.17) is 0 Å². The molecule has 1 aromatic rings. The van der Waals surface area contributed by atoms with Crippen LogP contribution < -0.4 is 5.32 Å². The molecule has 0 aliphatic heterocycles. The maximum absolute atomic E-state index is 12.9. The lowest BCUT2D eigenvalue weighted by Gasteiger charge is -2.02. The molecule has 0 spiro atoms. The van der Waals surface area contributed by atoms with Crippen molar-refractivity contribution in [3.05, 3.63) is 35.4 Å². The summed E-state index contributed by atoms with van der Waals surface area (Å²) in [5, 5.41) is 1.73. The molecule has 1 rings (SSSR count). The van der Waals surface area contributed by atoms with E-state index < -0.39 is 16.9 Å². The van der Waals surface area contributed by atoms with Gasteiger partial charge in [0, 0.05) is 18.2 Å². The van der Waals surface area contributed by atoms with Crippen LogP contribution in [-0.2, 0) is 6.54 Å². The van der Waals surface area contributed by atoms with Crippen molar-refractivity contribution in [1.29, 1.82) is 0 Å². The van der Waals surface area contributed by atoms with Crippen LogP contribution in [0, 0.1) is 11.6 Å². The second-order valence-corrected chi connectivity index (χ2v) is 2.80. The Kier molecular flexibility index (Phi) is 3.25. The molecule has 0 radical (unpaired) electrons. The molecular weight excluding hydrogens is 196 g/mol. The van der Waals surface area contributed by atoms with Gasteiger partial charge < -0.3 is 5.32 Å². The average molecular weight is 203 g/mol. The van der Waals surface area contributed by atoms with Crippen LogP contribution in [0.25, 0.3) is 0 Å². The molecule has 1 amide bonds. The third-order valence-electron chi connectivity index (χ3n) is 1.45. The van der Waals surface area contributed by atoms with Gasteiger partial charge in [-0.15, -0.1) is 0 Å². The maximum atomic E-state index is 12.9. The number of carbonyl (C=O) groups is 1. The summed E-state index contributed by atoms with van der Waals surface area (Å²) in [6, 6.07) is 3.16. The Bertz CT molecular complexity index is 330. The van der Waals surface area contributed by atoms with E-state index in [0.717, 1.165) is 12.1 Å². The largest absolute Gasteiger partial charge is 0.343 e. The molecule has 0 fully saturated rings. The fraction of sp³-hybridized carbons (Fsp3) is 0.125. The topological polar surface area (TPSA) is 29.1 Å². The predicted octanol–water partition coefficient (Wildman–Crippen LogP) is 2.10. The number of rotatable bonds is 2. The molecule has 0 bridgehead atoms. The van der Waals surface area contributed by atoms with Gasteiger partial charge in [-0.1, -0.05) is 18.7 Å². The molecule has 0 aliphatic carbocycles. The van der Waals surface area contributed by atoms with Crippen molar-refractivity contribution in [2.24, 2.45) is 0 Å². The van der Waals surface area contributed by atoms with Crippen LogP contribution in [0.3, 0.4) is 0 Å². The van der Waals surface area contributed by atoms with Crippen molar-refractivity contribution in [2.45, 2.75) is 6.54 Å². The van der Waals surface area contributed by atoms with Crippen LogP contribution in [0.15, 0.2) is 18.2 Å². The van der Waals surface area contributed by atoms with Crippen molar-refractivity contribution in [3.8, 4) is 0 Å². The van der Waals surface area contributed by atoms with E-state index in [-0.39, 0.29) is 12.1 Å². The van der Waals surface area contributed by atoms with E-state index in [9.17, 15) is 13.6 Å². The minimum atomic E-state index is -0.679. The molecule has 2 nitrogen and oxygen atoms in total. The van der Waals surface area contributed by atoms with Gasteiger partial charge in [-0.25, -0.2) is 8.78 Å². The molecule has 1 aromatic carbocycles. The van der Waals surface area contributed by atoms with E-state index in [1.165, 1.54) is 6.07 Å². The Labute approximate surface area is 79.4 Å². The van der Waals surface area contributed by atoms with Crippen molar-refractivity contribution in [2.75, 3.05) is 0 Å². The minimum absolute atomic E-state index is 0.00838. The zero-order valence-electron chi connectivity index (χ0n) is 6.55. The Balaban J connectivity index is 2.72. The average Bonchev–Trinajstić information content (AvgIpc) is 2.02. The Morgan fingerprint density at radius 3 is 2.69 bits per heavy atom. The summed E-state index contributed by atoms with van der Waals surface area (Å²) >= 11 is 3.44. The maximum Gasteiger partial charge on any atom is 0.276 e. The van der Waals surface area contributed by atoms with Gasteiger partial charge in [-0.05, 0) is 6.07 Å². The van der Waals surface area contributed by atoms with Crippen LogP contribution in [0.2, 0.25) is 0 Å². The molecular formula is C8H7F2NOS. The SMILES string of the molecule is O=C(S)NCc1ccc(F)cc1F. The van der Waals surface area contributed by atoms with Crippen molar-refractivity contribution in [1.82, 2.24) is 5.32 Å². The molecule has 0 aliphatic rings. The highest BCUT2D eigenvalue weighted by atomic mass is 32.1. The van der Waals surface area contributed by atoms with E-state index >= 15 is 0 Å². The zero-order chi connectivity index (χ0) is 9.84. The lowest BCUT2D eigenvalue weighted by atomic mass is 10.2. The zero-order valence-corrected chi connectivity index (χ0v) is 7.44. The number of hydrogen-bond donors (Lipinski definition) is 2. The number of benzene rings is 1. The highest BCUT2D eigenvalue weighted by molar-refractivity contribution is 7.96. The first-order valence-electron chi connectivity index (χ1n) is 3.50. The van der Waals surface area contributed by atoms with Gasteiger partial charge in [0.05, 0.1) is 0 Å². The molecule has 0 heterocycles. The number of amides is 1. The van der Waals surface area contributed by atoms with Gasteiger partial charge >= 0.3 is 0 Å². The molecule has 13 heavy (non-hydrogen) atoms. The lowest BCUT2D eigenvalue weighted by Crippen LogP contribution is -2.16. The second kappa shape index (κ2) is 4.23. The third kappa shape index (κ3) is 3.02. The number of thiol groups is 1. The Morgan fingerprint density at radius 2 is 2.15 bits per heavy atom. The fourth-order valence-corrected chi connectivity index (χ4v) is 0.915. The van der Waals surface area contributed by atoms with Gasteiger partial charge in [0.15, 0.2) is 0 Å². The summed E-state index contributed by atoms with van der Waals surface area (Å²) in [6.45, 7) is 0.00838. The monoisotopic (exact) mass is 203 g/mol. The van der Waals surface area contributed by atoms with Gasteiger partial charge in [-0.2, -0.15) is 0 Å². The molecule has 0 atom stereocenters. The Hall–Kier alpha value is -1.10. The molecule has 0 unspecified atom stereocenters. The van der Waals surface area contributed by atoms with Gasteiger partial charge in [0.25, 0.3) is 5.24 Å². The van der Waals surface area contributed by atoms with Crippen LogP contribution in [0.4, 0.5) is 13.6 Å². The highest BCUT2D eigenvalue weighted by Gasteiger charge is 2.03. The molecule has 1 N–H and O–H groups in total.